The first-order valence-corrected chi connectivity index (χ1v) is 19.8. The SMILES string of the molecule is C=CC[Si](C)(C)Oc1cc(CCCCC)cc(O[Si](C)(C)CC=C)c1C1C=C(C)CC[C@H]1C(=C)C. The molecule has 0 heterocycles. The fraction of sp³-hybridized carbons (Fsp3) is 0.548. The first-order chi connectivity index (χ1) is 16.4. The van der Waals surface area contributed by atoms with Crippen molar-refractivity contribution in [3.8, 4) is 11.5 Å². The largest absolute Gasteiger partial charge is 0.543 e. The lowest BCUT2D eigenvalue weighted by Gasteiger charge is -2.36. The molecule has 4 heteroatoms. The van der Waals surface area contributed by atoms with Crippen molar-refractivity contribution in [2.24, 2.45) is 5.92 Å². The Morgan fingerprint density at radius 3 is 2.00 bits per heavy atom. The summed E-state index contributed by atoms with van der Waals surface area (Å²) in [6.07, 6.45) is 13.4. The summed E-state index contributed by atoms with van der Waals surface area (Å²) in [6.45, 7) is 28.3. The van der Waals surface area contributed by atoms with Crippen molar-refractivity contribution >= 4 is 16.6 Å². The van der Waals surface area contributed by atoms with Crippen molar-refractivity contribution in [1.29, 1.82) is 0 Å². The lowest BCUT2D eigenvalue weighted by Crippen LogP contribution is -2.36. The normalized spacial score (nSPS) is 18.5. The van der Waals surface area contributed by atoms with Gasteiger partial charge in [0.25, 0.3) is 0 Å². The molecule has 0 saturated heterocycles. The van der Waals surface area contributed by atoms with Gasteiger partial charge in [0.05, 0.1) is 0 Å². The Morgan fingerprint density at radius 2 is 1.54 bits per heavy atom. The number of unbranched alkanes of at least 4 members (excludes halogenated alkanes) is 2. The molecule has 0 fully saturated rings. The molecule has 0 aromatic heterocycles. The highest BCUT2D eigenvalue weighted by molar-refractivity contribution is 6.72. The van der Waals surface area contributed by atoms with E-state index in [-0.39, 0.29) is 5.92 Å². The van der Waals surface area contributed by atoms with E-state index < -0.39 is 16.6 Å². The zero-order valence-electron chi connectivity index (χ0n) is 23.6. The molecule has 0 saturated carbocycles. The van der Waals surface area contributed by atoms with E-state index in [2.05, 4.69) is 84.9 Å². The molecule has 35 heavy (non-hydrogen) atoms. The zero-order valence-corrected chi connectivity index (χ0v) is 25.6. The topological polar surface area (TPSA) is 18.5 Å². The Balaban J connectivity index is 2.77. The molecule has 0 aliphatic heterocycles. The fourth-order valence-electron chi connectivity index (χ4n) is 5.16. The zero-order chi connectivity index (χ0) is 26.2. The molecular formula is C31H50O2Si2. The molecule has 1 aromatic rings. The van der Waals surface area contributed by atoms with Crippen molar-refractivity contribution in [1.82, 2.24) is 0 Å². The summed E-state index contributed by atoms with van der Waals surface area (Å²) in [4.78, 5) is 0. The maximum atomic E-state index is 6.98. The first kappa shape index (κ1) is 29.4. The van der Waals surface area contributed by atoms with Crippen LogP contribution in [0.2, 0.25) is 38.3 Å². The highest BCUT2D eigenvalue weighted by Gasteiger charge is 2.35. The van der Waals surface area contributed by atoms with E-state index in [0.717, 1.165) is 42.8 Å². The van der Waals surface area contributed by atoms with Crippen LogP contribution in [0.15, 0.2) is 61.2 Å². The van der Waals surface area contributed by atoms with E-state index in [0.29, 0.717) is 5.92 Å². The third-order valence-corrected chi connectivity index (χ3v) is 11.1. The molecule has 0 amide bonds. The molecule has 0 N–H and O–H groups in total. The minimum absolute atomic E-state index is 0.220. The Kier molecular flexibility index (Phi) is 10.9. The van der Waals surface area contributed by atoms with Gasteiger partial charge in [0.1, 0.15) is 11.5 Å². The highest BCUT2D eigenvalue weighted by atomic mass is 28.4. The Bertz CT molecular complexity index is 881. The number of hydrogen-bond acceptors (Lipinski definition) is 2. The van der Waals surface area contributed by atoms with Gasteiger partial charge in [0, 0.05) is 11.5 Å². The van der Waals surface area contributed by atoms with Crippen LogP contribution in [-0.2, 0) is 6.42 Å². The third kappa shape index (κ3) is 8.68. The van der Waals surface area contributed by atoms with Crippen LogP contribution in [0.3, 0.4) is 0 Å². The quantitative estimate of drug-likeness (QED) is 0.141. The number of rotatable bonds is 14. The van der Waals surface area contributed by atoms with E-state index in [1.54, 1.807) is 0 Å². The molecule has 0 radical (unpaired) electrons. The van der Waals surface area contributed by atoms with Gasteiger partial charge in [0.15, 0.2) is 0 Å². The summed E-state index contributed by atoms with van der Waals surface area (Å²) in [7, 11) is -3.97. The summed E-state index contributed by atoms with van der Waals surface area (Å²) in [5.74, 6) is 2.66. The van der Waals surface area contributed by atoms with Crippen LogP contribution >= 0.6 is 0 Å². The lowest BCUT2D eigenvalue weighted by atomic mass is 9.73. The number of hydrogen-bond donors (Lipinski definition) is 0. The van der Waals surface area contributed by atoms with Gasteiger partial charge in [-0.2, -0.15) is 0 Å². The summed E-state index contributed by atoms with van der Waals surface area (Å²) in [5, 5.41) is 0. The average Bonchev–Trinajstić information content (AvgIpc) is 2.72. The summed E-state index contributed by atoms with van der Waals surface area (Å²) >= 11 is 0. The predicted octanol–water partition coefficient (Wildman–Crippen LogP) is 9.98. The molecular weight excluding hydrogens is 461 g/mol. The van der Waals surface area contributed by atoms with Gasteiger partial charge in [-0.1, -0.05) is 55.7 Å². The number of allylic oxidation sites excluding steroid dienone is 5. The summed E-state index contributed by atoms with van der Waals surface area (Å²) < 4.78 is 14.0. The maximum Gasteiger partial charge on any atom is 0.248 e. The van der Waals surface area contributed by atoms with E-state index in [4.69, 9.17) is 8.85 Å². The molecule has 0 bridgehead atoms. The standard InChI is InChI=1S/C31H50O2Si2/c1-11-14-15-16-26-22-29(32-34(7,8)19-12-2)31(30(23-26)33-35(9,10)20-13-3)28-21-25(6)17-18-27(28)24(4)5/h12-13,21-23,27-28H,2-4,11,14-20H2,1,5-10H3/t27-,28?/m0/s1. The van der Waals surface area contributed by atoms with E-state index >= 15 is 0 Å². The van der Waals surface area contributed by atoms with Crippen LogP contribution in [0, 0.1) is 5.92 Å². The molecule has 1 aliphatic carbocycles. The van der Waals surface area contributed by atoms with Gasteiger partial charge in [0.2, 0.25) is 16.6 Å². The average molecular weight is 511 g/mol. The van der Waals surface area contributed by atoms with Crippen molar-refractivity contribution < 1.29 is 8.85 Å². The molecule has 2 nitrogen and oxygen atoms in total. The fourth-order valence-corrected chi connectivity index (χ4v) is 8.24. The van der Waals surface area contributed by atoms with Gasteiger partial charge in [-0.05, 0) is 101 Å². The van der Waals surface area contributed by atoms with Gasteiger partial charge in [-0.3, -0.25) is 0 Å². The molecule has 0 spiro atoms. The van der Waals surface area contributed by atoms with Gasteiger partial charge in [-0.15, -0.1) is 13.2 Å². The number of aryl methyl sites for hydroxylation is 1. The van der Waals surface area contributed by atoms with E-state index in [1.807, 2.05) is 12.2 Å². The molecule has 1 unspecified atom stereocenters. The summed E-state index contributed by atoms with van der Waals surface area (Å²) in [5.41, 5.74) is 5.24. The van der Waals surface area contributed by atoms with Crippen LogP contribution in [0.1, 0.15) is 69.9 Å². The van der Waals surface area contributed by atoms with Gasteiger partial charge in [-0.25, -0.2) is 0 Å². The molecule has 194 valence electrons. The van der Waals surface area contributed by atoms with Crippen LogP contribution in [-0.4, -0.2) is 16.6 Å². The van der Waals surface area contributed by atoms with Crippen LogP contribution < -0.4 is 8.85 Å². The molecule has 2 atom stereocenters. The van der Waals surface area contributed by atoms with Crippen LogP contribution in [0.25, 0.3) is 0 Å². The molecule has 1 aromatic carbocycles. The van der Waals surface area contributed by atoms with Crippen molar-refractivity contribution in [3.63, 3.8) is 0 Å². The van der Waals surface area contributed by atoms with Crippen molar-refractivity contribution in [3.05, 3.63) is 72.4 Å². The monoisotopic (exact) mass is 510 g/mol. The Morgan fingerprint density at radius 1 is 1.00 bits per heavy atom. The van der Waals surface area contributed by atoms with E-state index in [9.17, 15) is 0 Å². The molecule has 2 rings (SSSR count). The maximum absolute atomic E-state index is 6.98. The van der Waals surface area contributed by atoms with Crippen LogP contribution in [0.5, 0.6) is 11.5 Å². The lowest BCUT2D eigenvalue weighted by molar-refractivity contribution is 0.446. The molecule has 1 aliphatic rings. The first-order valence-electron chi connectivity index (χ1n) is 13.5. The summed E-state index contributed by atoms with van der Waals surface area (Å²) in [6, 6.07) is 6.49. The van der Waals surface area contributed by atoms with Crippen molar-refractivity contribution in [2.75, 3.05) is 0 Å². The highest BCUT2D eigenvalue weighted by Crippen LogP contribution is 2.48. The van der Waals surface area contributed by atoms with E-state index in [1.165, 1.54) is 41.5 Å². The van der Waals surface area contributed by atoms with Gasteiger partial charge >= 0.3 is 0 Å². The van der Waals surface area contributed by atoms with Crippen molar-refractivity contribution in [2.45, 2.75) is 103 Å². The predicted molar refractivity (Wildman–Crippen MR) is 160 cm³/mol. The smallest absolute Gasteiger partial charge is 0.248 e. The van der Waals surface area contributed by atoms with Crippen LogP contribution in [0.4, 0.5) is 0 Å². The second-order valence-corrected chi connectivity index (χ2v) is 20.0. The second-order valence-electron chi connectivity index (χ2n) is 11.7. The second kappa shape index (κ2) is 13.0. The Hall–Kier alpha value is -1.79. The minimum Gasteiger partial charge on any atom is -0.543 e. The third-order valence-electron chi connectivity index (χ3n) is 6.99. The Labute approximate surface area is 218 Å². The number of benzene rings is 1. The minimum atomic E-state index is -1.98. The van der Waals surface area contributed by atoms with Gasteiger partial charge < -0.3 is 8.85 Å².